The fourth-order valence-electron chi connectivity index (χ4n) is 2.74. The van der Waals surface area contributed by atoms with Gasteiger partial charge in [-0.3, -0.25) is 9.36 Å². The van der Waals surface area contributed by atoms with Crippen LogP contribution in [0, 0.1) is 4.77 Å². The summed E-state index contributed by atoms with van der Waals surface area (Å²) in [6.45, 7) is 0.559. The molecular formula is C17H19N3O3S. The summed E-state index contributed by atoms with van der Waals surface area (Å²) in [5.74, 6) is 1.08. The molecule has 0 fully saturated rings. The molecule has 0 spiro atoms. The maximum Gasteiger partial charge on any atom is 0.262 e. The Morgan fingerprint density at radius 3 is 2.62 bits per heavy atom. The zero-order valence-electron chi connectivity index (χ0n) is 13.6. The highest BCUT2D eigenvalue weighted by Crippen LogP contribution is 2.29. The number of H-pyrrole nitrogens is 2. The van der Waals surface area contributed by atoms with E-state index in [1.807, 2.05) is 18.5 Å². The molecular weight excluding hydrogens is 326 g/mol. The third-order valence-electron chi connectivity index (χ3n) is 4.00. The molecule has 0 bridgehead atoms. The first-order chi connectivity index (χ1) is 11.6. The van der Waals surface area contributed by atoms with Crippen LogP contribution in [-0.2, 0) is 13.0 Å². The standard InChI is InChI=1S/C17H19N3O3S/c1-22-14-8-12-13(9-15(14)23-2)19-17(24)20(16(12)21)7-3-4-11-5-6-18-10-11/h5-6,8-10,18H,3-4,7H2,1-2H3,(H,19,24). The summed E-state index contributed by atoms with van der Waals surface area (Å²) in [6.07, 6.45) is 5.56. The van der Waals surface area contributed by atoms with E-state index >= 15 is 0 Å². The lowest BCUT2D eigenvalue weighted by molar-refractivity contribution is 0.355. The van der Waals surface area contributed by atoms with Crippen molar-refractivity contribution in [1.82, 2.24) is 14.5 Å². The number of fused-ring (bicyclic) bond motifs is 1. The number of hydrogen-bond donors (Lipinski definition) is 2. The van der Waals surface area contributed by atoms with Crippen molar-refractivity contribution in [3.8, 4) is 11.5 Å². The summed E-state index contributed by atoms with van der Waals surface area (Å²) >= 11 is 5.35. The number of nitrogens with one attached hydrogen (secondary N) is 2. The first-order valence-corrected chi connectivity index (χ1v) is 8.05. The van der Waals surface area contributed by atoms with E-state index in [9.17, 15) is 4.79 Å². The van der Waals surface area contributed by atoms with Crippen molar-refractivity contribution in [3.05, 3.63) is 51.3 Å². The summed E-state index contributed by atoms with van der Waals surface area (Å²) < 4.78 is 12.6. The molecule has 0 radical (unpaired) electrons. The first-order valence-electron chi connectivity index (χ1n) is 7.64. The van der Waals surface area contributed by atoms with E-state index in [0.29, 0.717) is 33.7 Å². The topological polar surface area (TPSA) is 72.0 Å². The second-order valence-electron chi connectivity index (χ2n) is 5.46. The molecule has 0 amide bonds. The third-order valence-corrected chi connectivity index (χ3v) is 4.32. The monoisotopic (exact) mass is 345 g/mol. The number of aromatic amines is 2. The van der Waals surface area contributed by atoms with Crippen molar-refractivity contribution in [2.45, 2.75) is 19.4 Å². The molecule has 1 aromatic carbocycles. The molecule has 0 unspecified atom stereocenters. The van der Waals surface area contributed by atoms with Gasteiger partial charge in [0, 0.05) is 25.0 Å². The van der Waals surface area contributed by atoms with Crippen molar-refractivity contribution in [1.29, 1.82) is 0 Å². The van der Waals surface area contributed by atoms with Gasteiger partial charge in [0.05, 0.1) is 25.1 Å². The van der Waals surface area contributed by atoms with Crippen molar-refractivity contribution in [3.63, 3.8) is 0 Å². The molecule has 0 aliphatic rings. The lowest BCUT2D eigenvalue weighted by Crippen LogP contribution is -2.22. The Kier molecular flexibility index (Phi) is 4.71. The van der Waals surface area contributed by atoms with Gasteiger partial charge in [-0.25, -0.2) is 0 Å². The van der Waals surface area contributed by atoms with Crippen molar-refractivity contribution >= 4 is 23.1 Å². The fraction of sp³-hybridized carbons (Fsp3) is 0.294. The summed E-state index contributed by atoms with van der Waals surface area (Å²) in [7, 11) is 3.10. The molecule has 0 saturated carbocycles. The van der Waals surface area contributed by atoms with E-state index < -0.39 is 0 Å². The van der Waals surface area contributed by atoms with E-state index in [1.165, 1.54) is 5.56 Å². The van der Waals surface area contributed by atoms with Gasteiger partial charge in [0.1, 0.15) is 0 Å². The van der Waals surface area contributed by atoms with Crippen LogP contribution in [0.2, 0.25) is 0 Å². The van der Waals surface area contributed by atoms with Gasteiger partial charge >= 0.3 is 0 Å². The van der Waals surface area contributed by atoms with Crippen LogP contribution < -0.4 is 15.0 Å². The number of benzene rings is 1. The summed E-state index contributed by atoms with van der Waals surface area (Å²) in [5.41, 5.74) is 1.73. The minimum Gasteiger partial charge on any atom is -0.493 e. The normalized spacial score (nSPS) is 10.9. The Morgan fingerprint density at radius 1 is 1.21 bits per heavy atom. The highest BCUT2D eigenvalue weighted by molar-refractivity contribution is 7.71. The first kappa shape index (κ1) is 16.3. The maximum absolute atomic E-state index is 12.8. The second-order valence-corrected chi connectivity index (χ2v) is 5.85. The molecule has 2 N–H and O–H groups in total. The van der Waals surface area contributed by atoms with Gasteiger partial charge in [0.2, 0.25) is 0 Å². The van der Waals surface area contributed by atoms with Crippen molar-refractivity contribution in [2.75, 3.05) is 14.2 Å². The van der Waals surface area contributed by atoms with Gasteiger partial charge in [-0.15, -0.1) is 0 Å². The molecule has 7 heteroatoms. The van der Waals surface area contributed by atoms with E-state index in [2.05, 4.69) is 9.97 Å². The number of aryl methyl sites for hydroxylation is 1. The molecule has 0 saturated heterocycles. The van der Waals surface area contributed by atoms with Crippen LogP contribution in [0.3, 0.4) is 0 Å². The highest BCUT2D eigenvalue weighted by atomic mass is 32.1. The maximum atomic E-state index is 12.8. The number of rotatable bonds is 6. The predicted octanol–water partition coefficient (Wildman–Crippen LogP) is 3.04. The SMILES string of the molecule is COc1cc2[nH]c(=S)n(CCCc3cc[nH]c3)c(=O)c2cc1OC. The summed E-state index contributed by atoms with van der Waals surface area (Å²) in [5, 5.41) is 0.530. The van der Waals surface area contributed by atoms with Crippen molar-refractivity contribution in [2.24, 2.45) is 0 Å². The molecule has 0 atom stereocenters. The lowest BCUT2D eigenvalue weighted by Gasteiger charge is -2.11. The van der Waals surface area contributed by atoms with Gasteiger partial charge in [-0.1, -0.05) is 0 Å². The number of methoxy groups -OCH3 is 2. The van der Waals surface area contributed by atoms with Gasteiger partial charge in [-0.05, 0) is 42.8 Å². The molecule has 0 aliphatic heterocycles. The minimum absolute atomic E-state index is 0.122. The molecule has 0 aliphatic carbocycles. The smallest absolute Gasteiger partial charge is 0.262 e. The fourth-order valence-corrected chi connectivity index (χ4v) is 3.02. The average Bonchev–Trinajstić information content (AvgIpc) is 3.10. The van der Waals surface area contributed by atoms with Crippen molar-refractivity contribution < 1.29 is 9.47 Å². The van der Waals surface area contributed by atoms with E-state index in [4.69, 9.17) is 21.7 Å². The molecule has 24 heavy (non-hydrogen) atoms. The Hall–Kier alpha value is -2.54. The Bertz CT molecular complexity index is 958. The summed E-state index contributed by atoms with van der Waals surface area (Å²) in [4.78, 5) is 18.9. The van der Waals surface area contributed by atoms with Gasteiger partial charge in [-0.2, -0.15) is 0 Å². The zero-order chi connectivity index (χ0) is 17.1. The number of ether oxygens (including phenoxy) is 2. The van der Waals surface area contributed by atoms with Crippen LogP contribution >= 0.6 is 12.2 Å². The number of hydrogen-bond acceptors (Lipinski definition) is 4. The average molecular weight is 345 g/mol. The predicted molar refractivity (Wildman–Crippen MR) is 95.6 cm³/mol. The second kappa shape index (κ2) is 6.92. The van der Waals surface area contributed by atoms with Gasteiger partial charge < -0.3 is 19.4 Å². The molecule has 2 aromatic heterocycles. The van der Waals surface area contributed by atoms with Crippen LogP contribution in [0.1, 0.15) is 12.0 Å². The van der Waals surface area contributed by atoms with E-state index in [0.717, 1.165) is 12.8 Å². The molecule has 2 heterocycles. The van der Waals surface area contributed by atoms with Crippen LogP contribution in [0.15, 0.2) is 35.4 Å². The van der Waals surface area contributed by atoms with E-state index in [1.54, 1.807) is 30.9 Å². The Morgan fingerprint density at radius 2 is 1.96 bits per heavy atom. The summed E-state index contributed by atoms with van der Waals surface area (Å²) in [6, 6.07) is 5.45. The van der Waals surface area contributed by atoms with E-state index in [-0.39, 0.29) is 5.56 Å². The third kappa shape index (κ3) is 3.07. The zero-order valence-corrected chi connectivity index (χ0v) is 14.4. The largest absolute Gasteiger partial charge is 0.493 e. The minimum atomic E-state index is -0.122. The lowest BCUT2D eigenvalue weighted by atomic mass is 10.2. The molecule has 3 rings (SSSR count). The van der Waals surface area contributed by atoms with Crippen LogP contribution in [0.5, 0.6) is 11.5 Å². The molecule has 3 aromatic rings. The van der Waals surface area contributed by atoms with Crippen LogP contribution in [0.4, 0.5) is 0 Å². The van der Waals surface area contributed by atoms with Crippen LogP contribution in [-0.4, -0.2) is 28.8 Å². The van der Waals surface area contributed by atoms with Crippen LogP contribution in [0.25, 0.3) is 10.9 Å². The van der Waals surface area contributed by atoms with Gasteiger partial charge in [0.25, 0.3) is 5.56 Å². The highest BCUT2D eigenvalue weighted by Gasteiger charge is 2.11. The van der Waals surface area contributed by atoms with Gasteiger partial charge in [0.15, 0.2) is 16.3 Å². The molecule has 126 valence electrons. The Balaban J connectivity index is 1.96. The number of nitrogens with zero attached hydrogens (tertiary/aromatic N) is 1. The molecule has 6 nitrogen and oxygen atoms in total. The Labute approximate surface area is 144 Å². The number of aromatic nitrogens is 3. The quantitative estimate of drug-likeness (QED) is 0.674.